The quantitative estimate of drug-likeness (QED) is 0.121. The second-order valence-electron chi connectivity index (χ2n) is 12.0. The Morgan fingerprint density at radius 2 is 1.65 bits per heavy atom. The van der Waals surface area contributed by atoms with Gasteiger partial charge in [0.05, 0.1) is 19.0 Å². The van der Waals surface area contributed by atoms with Gasteiger partial charge < -0.3 is 36.0 Å². The molecule has 1 saturated heterocycles. The molecular weight excluding hydrogens is 554 g/mol. The topological polar surface area (TPSA) is 190 Å². The molecule has 0 aromatic heterocycles. The van der Waals surface area contributed by atoms with Crippen molar-refractivity contribution in [1.82, 2.24) is 16.0 Å². The van der Waals surface area contributed by atoms with Crippen LogP contribution in [0.4, 0.5) is 0 Å². The summed E-state index contributed by atoms with van der Waals surface area (Å²) in [5.74, 6) is 1.02. The van der Waals surface area contributed by atoms with Gasteiger partial charge in [-0.1, -0.05) is 78.1 Å². The Bertz CT molecular complexity index is 999. The van der Waals surface area contributed by atoms with E-state index in [1.165, 1.54) is 64.0 Å². The average Bonchev–Trinajstić information content (AvgIpc) is 3.47. The van der Waals surface area contributed by atoms with Crippen LogP contribution in [0.3, 0.4) is 0 Å². The molecule has 6 N–H and O–H groups in total. The number of carbonyl (C=O) groups excluding carboxylic acids is 2. The van der Waals surface area contributed by atoms with Crippen LogP contribution in [0.5, 0.6) is 0 Å². The van der Waals surface area contributed by atoms with Gasteiger partial charge in [0.1, 0.15) is 30.5 Å². The third kappa shape index (κ3) is 11.7. The van der Waals surface area contributed by atoms with Crippen LogP contribution in [0.2, 0.25) is 0 Å². The largest absolute Gasteiger partial charge is 0.394 e. The summed E-state index contributed by atoms with van der Waals surface area (Å²) in [4.78, 5) is 41.4. The number of fused-ring (bicyclic) bond motifs is 1. The van der Waals surface area contributed by atoms with E-state index in [9.17, 15) is 24.9 Å². The predicted molar refractivity (Wildman–Crippen MR) is 166 cm³/mol. The summed E-state index contributed by atoms with van der Waals surface area (Å²) in [5, 5.41) is 39.5. The van der Waals surface area contributed by atoms with Gasteiger partial charge in [-0.15, -0.1) is 0 Å². The van der Waals surface area contributed by atoms with E-state index in [0.29, 0.717) is 12.3 Å². The minimum atomic E-state index is -1.49. The van der Waals surface area contributed by atoms with Gasteiger partial charge in [0.15, 0.2) is 18.1 Å². The van der Waals surface area contributed by atoms with Crippen LogP contribution in [0.15, 0.2) is 20.0 Å². The smallest absolute Gasteiger partial charge is 0.222 e. The molecule has 6 atom stereocenters. The molecule has 3 aliphatic heterocycles. The fourth-order valence-corrected chi connectivity index (χ4v) is 5.38. The fourth-order valence-electron chi connectivity index (χ4n) is 5.38. The van der Waals surface area contributed by atoms with Crippen LogP contribution in [-0.4, -0.2) is 101 Å². The summed E-state index contributed by atoms with van der Waals surface area (Å²) in [5.41, 5.74) is 0. The van der Waals surface area contributed by atoms with E-state index in [0.717, 1.165) is 25.2 Å². The Morgan fingerprint density at radius 1 is 0.977 bits per heavy atom. The van der Waals surface area contributed by atoms with Crippen LogP contribution in [-0.2, 0) is 14.3 Å². The maximum Gasteiger partial charge on any atom is 0.222 e. The molecular formula is C30H51N7O6. The maximum atomic E-state index is 12.5. The fraction of sp³-hybridized carbons (Fsp3) is 0.800. The highest BCUT2D eigenvalue weighted by molar-refractivity contribution is 6.21. The van der Waals surface area contributed by atoms with Crippen molar-refractivity contribution in [3.63, 3.8) is 0 Å². The standard InChI is InChI=1S/C30H51N7O6/c1-20(2)13-11-9-7-5-3-4-6-8-10-12-14-22(39)31-16-15-23(40)36-24-21(17-38)43-30(27(42)26(24)41)37-29-25-28(33-18-32-25)34-19-35-29/h18-21,24-27,30,38,41-42H,3-17H2,1-2H3,(H,31,39)(H,36,40)(H,32,33,34,35,37). The number of amides is 2. The van der Waals surface area contributed by atoms with E-state index in [1.807, 2.05) is 0 Å². The van der Waals surface area contributed by atoms with E-state index < -0.39 is 49.1 Å². The Kier molecular flexibility index (Phi) is 15.2. The van der Waals surface area contributed by atoms with Crippen LogP contribution in [0.25, 0.3) is 0 Å². The highest BCUT2D eigenvalue weighted by atomic mass is 16.5. The maximum absolute atomic E-state index is 12.5. The summed E-state index contributed by atoms with van der Waals surface area (Å²) in [6.07, 6.45) is 11.4. The molecule has 0 bridgehead atoms. The Balaban J connectivity index is 1.27. The molecule has 13 heteroatoms. The van der Waals surface area contributed by atoms with Gasteiger partial charge in [-0.05, 0) is 12.3 Å². The first-order valence-electron chi connectivity index (χ1n) is 15.9. The van der Waals surface area contributed by atoms with Crippen molar-refractivity contribution in [2.45, 2.75) is 134 Å². The summed E-state index contributed by atoms with van der Waals surface area (Å²) in [7, 11) is 0. The minimum absolute atomic E-state index is 0.0179. The lowest BCUT2D eigenvalue weighted by Gasteiger charge is -2.41. The van der Waals surface area contributed by atoms with Gasteiger partial charge in [0.2, 0.25) is 11.8 Å². The zero-order valence-electron chi connectivity index (χ0n) is 25.7. The monoisotopic (exact) mass is 605 g/mol. The molecule has 3 aliphatic rings. The summed E-state index contributed by atoms with van der Waals surface area (Å²) >= 11 is 0. The molecule has 43 heavy (non-hydrogen) atoms. The number of aliphatic hydroxyl groups excluding tert-OH is 3. The third-order valence-corrected chi connectivity index (χ3v) is 7.93. The lowest BCUT2D eigenvalue weighted by atomic mass is 9.95. The number of unbranched alkanes of at least 4 members (excludes halogenated alkanes) is 9. The lowest BCUT2D eigenvalue weighted by Crippen LogP contribution is -2.64. The zero-order valence-corrected chi connectivity index (χ0v) is 25.7. The van der Waals surface area contributed by atoms with Crippen molar-refractivity contribution >= 4 is 36.2 Å². The molecule has 2 amide bonds. The molecule has 0 radical (unpaired) electrons. The van der Waals surface area contributed by atoms with Crippen molar-refractivity contribution in [2.75, 3.05) is 13.2 Å². The van der Waals surface area contributed by atoms with Crippen molar-refractivity contribution in [3.8, 4) is 0 Å². The van der Waals surface area contributed by atoms with Gasteiger partial charge in [0.25, 0.3) is 0 Å². The van der Waals surface area contributed by atoms with Gasteiger partial charge in [0, 0.05) is 19.4 Å². The molecule has 1 fully saturated rings. The zero-order chi connectivity index (χ0) is 31.0. The first kappa shape index (κ1) is 34.7. The number of aliphatic hydroxyl groups is 3. The molecule has 0 aromatic rings. The average molecular weight is 606 g/mol. The Morgan fingerprint density at radius 3 is 2.33 bits per heavy atom. The van der Waals surface area contributed by atoms with E-state index in [2.05, 4.69) is 49.8 Å². The van der Waals surface area contributed by atoms with Crippen LogP contribution in [0, 0.1) is 5.92 Å². The van der Waals surface area contributed by atoms with Gasteiger partial charge in [-0.25, -0.2) is 15.0 Å². The summed E-state index contributed by atoms with van der Waals surface area (Å²) in [6.45, 7) is 4.18. The molecule has 0 aliphatic carbocycles. The SMILES string of the molecule is CC(C)CCCCCCCCCCCCC(=O)NCCC(=O)NC1C(CO)OC(/N=C2\N=CNC3=NC=NC32)C(O)C1O. The van der Waals surface area contributed by atoms with E-state index in [-0.39, 0.29) is 24.7 Å². The number of nitrogens with one attached hydrogen (secondary N) is 3. The van der Waals surface area contributed by atoms with Gasteiger partial charge in [-0.2, -0.15) is 0 Å². The number of aliphatic imine (C=N–C) groups is 4. The van der Waals surface area contributed by atoms with Gasteiger partial charge >= 0.3 is 0 Å². The van der Waals surface area contributed by atoms with Crippen LogP contribution >= 0.6 is 0 Å². The number of ether oxygens (including phenoxy) is 1. The van der Waals surface area contributed by atoms with Crippen molar-refractivity contribution in [3.05, 3.63) is 0 Å². The molecule has 0 spiro atoms. The molecule has 0 aromatic carbocycles. The normalized spacial score (nSPS) is 27.2. The molecule has 13 nitrogen and oxygen atoms in total. The van der Waals surface area contributed by atoms with Crippen LogP contribution < -0.4 is 16.0 Å². The molecule has 6 unspecified atom stereocenters. The highest BCUT2D eigenvalue weighted by Gasteiger charge is 2.45. The summed E-state index contributed by atoms with van der Waals surface area (Å²) in [6, 6.07) is -1.63. The van der Waals surface area contributed by atoms with Crippen molar-refractivity contribution in [2.24, 2.45) is 25.9 Å². The van der Waals surface area contributed by atoms with Crippen molar-refractivity contribution in [1.29, 1.82) is 0 Å². The Hall–Kier alpha value is -2.74. The summed E-state index contributed by atoms with van der Waals surface area (Å²) < 4.78 is 5.72. The van der Waals surface area contributed by atoms with E-state index in [4.69, 9.17) is 4.74 Å². The third-order valence-electron chi connectivity index (χ3n) is 7.93. The number of carbonyl (C=O) groups is 2. The van der Waals surface area contributed by atoms with Crippen LogP contribution in [0.1, 0.15) is 97.3 Å². The number of amidine groups is 2. The number of hydrogen-bond donors (Lipinski definition) is 6. The number of rotatable bonds is 19. The highest BCUT2D eigenvalue weighted by Crippen LogP contribution is 2.23. The second-order valence-corrected chi connectivity index (χ2v) is 12.0. The molecule has 3 heterocycles. The Labute approximate surface area is 254 Å². The van der Waals surface area contributed by atoms with Crippen molar-refractivity contribution < 1.29 is 29.6 Å². The van der Waals surface area contributed by atoms with Gasteiger partial charge in [-0.3, -0.25) is 14.6 Å². The molecule has 0 saturated carbocycles. The number of hydrogen-bond acceptors (Lipinski definition) is 10. The molecule has 3 rings (SSSR count). The van der Waals surface area contributed by atoms with E-state index in [1.54, 1.807) is 0 Å². The minimum Gasteiger partial charge on any atom is -0.394 e. The molecule has 242 valence electrons. The second kappa shape index (κ2) is 18.8. The lowest BCUT2D eigenvalue weighted by molar-refractivity contribution is -0.191. The number of nitrogens with zero attached hydrogens (tertiary/aromatic N) is 4. The van der Waals surface area contributed by atoms with E-state index >= 15 is 0 Å². The predicted octanol–water partition coefficient (Wildman–Crippen LogP) is 1.59. The first-order chi connectivity index (χ1) is 20.8. The first-order valence-corrected chi connectivity index (χ1v) is 15.9.